The molecule has 0 fully saturated rings. The first-order valence-electron chi connectivity index (χ1n) is 5.08. The lowest BCUT2D eigenvalue weighted by Crippen LogP contribution is -2.15. The number of benzene rings is 1. The molecule has 3 N–H and O–H groups in total. The van der Waals surface area contributed by atoms with Crippen LogP contribution in [0.15, 0.2) is 12.1 Å². The molecule has 1 aromatic carbocycles. The summed E-state index contributed by atoms with van der Waals surface area (Å²) in [6.07, 6.45) is 0.655. The Morgan fingerprint density at radius 3 is 2.82 bits per heavy atom. The number of hydrogen-bond donors (Lipinski definition) is 2. The zero-order valence-electron chi connectivity index (χ0n) is 9.43. The van der Waals surface area contributed by atoms with Crippen LogP contribution in [0.2, 0.25) is 0 Å². The molecule has 0 aliphatic heterocycles. The van der Waals surface area contributed by atoms with Crippen LogP contribution in [0.4, 0.5) is 20.2 Å². The molecule has 0 aromatic heterocycles. The van der Waals surface area contributed by atoms with Gasteiger partial charge >= 0.3 is 0 Å². The van der Waals surface area contributed by atoms with Crippen molar-refractivity contribution in [3.8, 4) is 0 Å². The summed E-state index contributed by atoms with van der Waals surface area (Å²) in [5.41, 5.74) is 5.12. The predicted octanol–water partition coefficient (Wildman–Crippen LogP) is 1.91. The highest BCUT2D eigenvalue weighted by molar-refractivity contribution is 5.93. The molecule has 1 rings (SSSR count). The molecule has 0 heterocycles. The maximum Gasteiger partial charge on any atom is 0.224 e. The van der Waals surface area contributed by atoms with Crippen LogP contribution in [0, 0.1) is 11.6 Å². The summed E-state index contributed by atoms with van der Waals surface area (Å²) in [5.74, 6) is -2.63. The molecule has 4 nitrogen and oxygen atoms in total. The van der Waals surface area contributed by atoms with E-state index >= 15 is 0 Å². The lowest BCUT2D eigenvalue weighted by atomic mass is 10.2. The van der Waals surface area contributed by atoms with Crippen LogP contribution in [-0.4, -0.2) is 19.6 Å². The Morgan fingerprint density at radius 1 is 1.47 bits per heavy atom. The average Bonchev–Trinajstić information content (AvgIpc) is 2.30. The minimum absolute atomic E-state index is 0.0102. The van der Waals surface area contributed by atoms with Crippen molar-refractivity contribution in [3.05, 3.63) is 23.8 Å². The smallest absolute Gasteiger partial charge is 0.224 e. The third kappa shape index (κ3) is 3.67. The summed E-state index contributed by atoms with van der Waals surface area (Å²) in [5, 5.41) is 2.24. The number of carbonyl (C=O) groups is 1. The predicted molar refractivity (Wildman–Crippen MR) is 60.5 cm³/mol. The minimum atomic E-state index is -1.15. The van der Waals surface area contributed by atoms with Crippen LogP contribution < -0.4 is 11.1 Å². The van der Waals surface area contributed by atoms with Crippen LogP contribution in [0.1, 0.15) is 12.8 Å². The Balaban J connectivity index is 2.68. The van der Waals surface area contributed by atoms with E-state index in [0.29, 0.717) is 13.0 Å². The van der Waals surface area contributed by atoms with E-state index in [2.05, 4.69) is 5.32 Å². The Kier molecular flexibility index (Phi) is 4.84. The largest absolute Gasteiger partial charge is 0.397 e. The fourth-order valence-corrected chi connectivity index (χ4v) is 1.27. The molecule has 0 saturated heterocycles. The van der Waals surface area contributed by atoms with Gasteiger partial charge in [0.1, 0.15) is 5.69 Å². The molecular formula is C11H14F2N2O2. The number of halogens is 2. The zero-order valence-corrected chi connectivity index (χ0v) is 9.43. The first-order chi connectivity index (χ1) is 8.06. The third-order valence-electron chi connectivity index (χ3n) is 2.14. The fraction of sp³-hybridized carbons (Fsp3) is 0.364. The second-order valence-electron chi connectivity index (χ2n) is 3.47. The second kappa shape index (κ2) is 6.15. The van der Waals surface area contributed by atoms with Crippen molar-refractivity contribution in [2.75, 3.05) is 24.8 Å². The van der Waals surface area contributed by atoms with Gasteiger partial charge in [0, 0.05) is 20.1 Å². The first-order valence-corrected chi connectivity index (χ1v) is 5.08. The molecule has 0 atom stereocenters. The molecule has 0 bridgehead atoms. The van der Waals surface area contributed by atoms with Crippen LogP contribution in [-0.2, 0) is 9.53 Å². The van der Waals surface area contributed by atoms with Crippen molar-refractivity contribution < 1.29 is 18.3 Å². The summed E-state index contributed by atoms with van der Waals surface area (Å²) in [6, 6.07) is 2.11. The molecule has 0 radical (unpaired) electrons. The summed E-state index contributed by atoms with van der Waals surface area (Å²) < 4.78 is 31.0. The highest BCUT2D eigenvalue weighted by Crippen LogP contribution is 2.24. The Hall–Kier alpha value is -1.69. The van der Waals surface area contributed by atoms with Crippen LogP contribution >= 0.6 is 0 Å². The average molecular weight is 244 g/mol. The molecule has 0 aliphatic carbocycles. The summed E-state index contributed by atoms with van der Waals surface area (Å²) in [6.45, 7) is 0.425. The molecule has 0 aliphatic rings. The molecular weight excluding hydrogens is 230 g/mol. The number of carbonyl (C=O) groups excluding carboxylic acids is 1. The van der Waals surface area contributed by atoms with Gasteiger partial charge in [0.05, 0.1) is 5.69 Å². The van der Waals surface area contributed by atoms with Crippen LogP contribution in [0.5, 0.6) is 0 Å². The van der Waals surface area contributed by atoms with Crippen molar-refractivity contribution >= 4 is 17.3 Å². The van der Waals surface area contributed by atoms with E-state index in [9.17, 15) is 13.6 Å². The molecule has 94 valence electrons. The van der Waals surface area contributed by atoms with Gasteiger partial charge in [0.25, 0.3) is 0 Å². The highest BCUT2D eigenvalue weighted by Gasteiger charge is 2.14. The molecule has 1 aromatic rings. The van der Waals surface area contributed by atoms with Crippen molar-refractivity contribution in [3.63, 3.8) is 0 Å². The summed E-state index contributed by atoms with van der Waals surface area (Å²) in [7, 11) is 1.52. The SMILES string of the molecule is COCCCC(=O)Nc1c(N)ccc(F)c1F. The minimum Gasteiger partial charge on any atom is -0.397 e. The van der Waals surface area contributed by atoms with Crippen molar-refractivity contribution in [2.45, 2.75) is 12.8 Å². The first kappa shape index (κ1) is 13.4. The van der Waals surface area contributed by atoms with Gasteiger partial charge in [-0.2, -0.15) is 0 Å². The summed E-state index contributed by atoms with van der Waals surface area (Å²) in [4.78, 5) is 11.4. The van der Waals surface area contributed by atoms with Gasteiger partial charge in [-0.25, -0.2) is 8.78 Å². The Labute approximate surface area is 97.8 Å². The van der Waals surface area contributed by atoms with Gasteiger partial charge in [0.15, 0.2) is 11.6 Å². The Morgan fingerprint density at radius 2 is 2.18 bits per heavy atom. The second-order valence-corrected chi connectivity index (χ2v) is 3.47. The van der Waals surface area contributed by atoms with E-state index in [4.69, 9.17) is 10.5 Å². The van der Waals surface area contributed by atoms with Gasteiger partial charge in [0.2, 0.25) is 5.91 Å². The number of nitrogens with one attached hydrogen (secondary N) is 1. The number of ether oxygens (including phenoxy) is 1. The number of nitrogens with two attached hydrogens (primary N) is 1. The van der Waals surface area contributed by atoms with Gasteiger partial charge in [-0.3, -0.25) is 4.79 Å². The number of anilines is 2. The lowest BCUT2D eigenvalue weighted by molar-refractivity contribution is -0.116. The van der Waals surface area contributed by atoms with Crippen molar-refractivity contribution in [2.24, 2.45) is 0 Å². The molecule has 17 heavy (non-hydrogen) atoms. The quantitative estimate of drug-likeness (QED) is 0.614. The van der Waals surface area contributed by atoms with Crippen LogP contribution in [0.25, 0.3) is 0 Å². The van der Waals surface area contributed by atoms with Crippen LogP contribution in [0.3, 0.4) is 0 Å². The van der Waals surface area contributed by atoms with Gasteiger partial charge in [-0.05, 0) is 18.6 Å². The number of nitrogen functional groups attached to an aromatic ring is 1. The lowest BCUT2D eigenvalue weighted by Gasteiger charge is -2.09. The molecule has 1 amide bonds. The van der Waals surface area contributed by atoms with E-state index in [1.54, 1.807) is 0 Å². The molecule has 0 spiro atoms. The third-order valence-corrected chi connectivity index (χ3v) is 2.14. The van der Waals surface area contributed by atoms with Gasteiger partial charge in [-0.1, -0.05) is 0 Å². The van der Waals surface area contributed by atoms with E-state index in [1.165, 1.54) is 13.2 Å². The van der Waals surface area contributed by atoms with Gasteiger partial charge < -0.3 is 15.8 Å². The maximum atomic E-state index is 13.3. The van der Waals surface area contributed by atoms with E-state index in [-0.39, 0.29) is 17.8 Å². The highest BCUT2D eigenvalue weighted by atomic mass is 19.2. The normalized spacial score (nSPS) is 10.3. The van der Waals surface area contributed by atoms with E-state index in [0.717, 1.165) is 6.07 Å². The summed E-state index contributed by atoms with van der Waals surface area (Å²) >= 11 is 0. The monoisotopic (exact) mass is 244 g/mol. The Bertz CT molecular complexity index is 411. The fourth-order valence-electron chi connectivity index (χ4n) is 1.27. The standard InChI is InChI=1S/C11H14F2N2O2/c1-17-6-2-3-9(16)15-11-8(14)5-4-7(12)10(11)13/h4-5H,2-3,6,14H2,1H3,(H,15,16). The molecule has 6 heteroatoms. The molecule has 0 saturated carbocycles. The maximum absolute atomic E-state index is 13.3. The van der Waals surface area contributed by atoms with Crippen molar-refractivity contribution in [1.82, 2.24) is 0 Å². The number of rotatable bonds is 5. The molecule has 0 unspecified atom stereocenters. The number of amides is 1. The topological polar surface area (TPSA) is 64.3 Å². The number of hydrogen-bond acceptors (Lipinski definition) is 3. The number of methoxy groups -OCH3 is 1. The zero-order chi connectivity index (χ0) is 12.8. The van der Waals surface area contributed by atoms with E-state index < -0.39 is 17.5 Å². The van der Waals surface area contributed by atoms with Gasteiger partial charge in [-0.15, -0.1) is 0 Å². The van der Waals surface area contributed by atoms with E-state index in [1.807, 2.05) is 0 Å². The van der Waals surface area contributed by atoms with Crippen molar-refractivity contribution in [1.29, 1.82) is 0 Å².